The minimum absolute atomic E-state index is 0.0394. The summed E-state index contributed by atoms with van der Waals surface area (Å²) in [5.74, 6) is 0.480. The number of hydrogen-bond acceptors (Lipinski definition) is 5. The molecule has 0 spiro atoms. The molecule has 0 aliphatic carbocycles. The molecule has 0 unspecified atom stereocenters. The molecule has 1 heterocycles. The zero-order chi connectivity index (χ0) is 14.9. The number of nitrogens with one attached hydrogen (secondary N) is 1. The Bertz CT molecular complexity index is 653. The topological polar surface area (TPSA) is 81.2 Å². The van der Waals surface area contributed by atoms with E-state index in [-0.39, 0.29) is 22.4 Å². The number of benzene rings is 1. The summed E-state index contributed by atoms with van der Waals surface area (Å²) >= 11 is 2.92. The van der Waals surface area contributed by atoms with Gasteiger partial charge in [0.15, 0.2) is 0 Å². The molecular formula is C12H11BrFN3O3. The monoisotopic (exact) mass is 343 g/mol. The van der Waals surface area contributed by atoms with Crippen molar-refractivity contribution in [1.29, 1.82) is 0 Å². The van der Waals surface area contributed by atoms with Crippen molar-refractivity contribution in [2.75, 3.05) is 5.32 Å². The number of hydrogen-bond donors (Lipinski definition) is 1. The Labute approximate surface area is 122 Å². The summed E-state index contributed by atoms with van der Waals surface area (Å²) in [6.45, 7) is 3.70. The van der Waals surface area contributed by atoms with Crippen molar-refractivity contribution in [2.45, 2.75) is 20.4 Å². The van der Waals surface area contributed by atoms with Crippen LogP contribution in [0.4, 0.5) is 15.8 Å². The minimum atomic E-state index is -0.585. The van der Waals surface area contributed by atoms with Gasteiger partial charge in [-0.3, -0.25) is 10.1 Å². The highest BCUT2D eigenvalue weighted by atomic mass is 79.9. The number of nitro benzene ring substituents is 1. The van der Waals surface area contributed by atoms with E-state index in [9.17, 15) is 14.5 Å². The summed E-state index contributed by atoms with van der Waals surface area (Å²) in [4.78, 5) is 14.5. The van der Waals surface area contributed by atoms with Crippen LogP contribution >= 0.6 is 15.9 Å². The first-order chi connectivity index (χ1) is 9.38. The molecule has 0 aliphatic rings. The van der Waals surface area contributed by atoms with Gasteiger partial charge < -0.3 is 9.73 Å². The number of oxazole rings is 1. The molecule has 1 N–H and O–H groups in total. The molecule has 6 nitrogen and oxygen atoms in total. The lowest BCUT2D eigenvalue weighted by Gasteiger charge is -2.06. The van der Waals surface area contributed by atoms with E-state index in [1.54, 1.807) is 13.8 Å². The van der Waals surface area contributed by atoms with Crippen LogP contribution in [0, 0.1) is 29.8 Å². The first-order valence-electron chi connectivity index (χ1n) is 5.68. The summed E-state index contributed by atoms with van der Waals surface area (Å²) in [5, 5.41) is 13.7. The fraction of sp³-hybridized carbons (Fsp3) is 0.250. The van der Waals surface area contributed by atoms with Crippen LogP contribution in [0.2, 0.25) is 0 Å². The molecule has 1 aromatic carbocycles. The number of nitrogens with zero attached hydrogens (tertiary/aromatic N) is 2. The van der Waals surface area contributed by atoms with Crippen LogP contribution in [0.3, 0.4) is 0 Å². The van der Waals surface area contributed by atoms with Gasteiger partial charge in [-0.05, 0) is 29.8 Å². The molecule has 0 aliphatic heterocycles. The summed E-state index contributed by atoms with van der Waals surface area (Å²) in [7, 11) is 0. The summed E-state index contributed by atoms with van der Waals surface area (Å²) in [6.07, 6.45) is 0. The van der Waals surface area contributed by atoms with Crippen LogP contribution < -0.4 is 5.32 Å². The van der Waals surface area contributed by atoms with Crippen molar-refractivity contribution in [3.63, 3.8) is 0 Å². The zero-order valence-electron chi connectivity index (χ0n) is 10.7. The van der Waals surface area contributed by atoms with Gasteiger partial charge in [-0.1, -0.05) is 0 Å². The lowest BCUT2D eigenvalue weighted by Crippen LogP contribution is -2.04. The SMILES string of the molecule is Cc1nc(CNc2cc(F)c(Br)cc2[N+](=O)[O-])oc1C. The molecular weight excluding hydrogens is 333 g/mol. The van der Waals surface area contributed by atoms with Crippen LogP contribution in [0.15, 0.2) is 21.0 Å². The molecule has 1 aromatic heterocycles. The quantitative estimate of drug-likeness (QED) is 0.675. The molecule has 0 saturated carbocycles. The molecule has 0 bridgehead atoms. The maximum atomic E-state index is 13.5. The van der Waals surface area contributed by atoms with Gasteiger partial charge in [0, 0.05) is 12.1 Å². The molecule has 0 fully saturated rings. The third-order valence-corrected chi connectivity index (χ3v) is 3.35. The second kappa shape index (κ2) is 5.58. The average molecular weight is 344 g/mol. The van der Waals surface area contributed by atoms with Gasteiger partial charge in [0.05, 0.1) is 21.6 Å². The first-order valence-corrected chi connectivity index (χ1v) is 6.48. The van der Waals surface area contributed by atoms with Gasteiger partial charge in [0.1, 0.15) is 17.3 Å². The summed E-state index contributed by atoms with van der Waals surface area (Å²) < 4.78 is 18.9. The Kier molecular flexibility index (Phi) is 4.03. The van der Waals surface area contributed by atoms with Gasteiger partial charge in [0.25, 0.3) is 5.69 Å². The maximum Gasteiger partial charge on any atom is 0.293 e. The molecule has 2 rings (SSSR count). The number of rotatable bonds is 4. The predicted octanol–water partition coefficient (Wildman–Crippen LogP) is 3.71. The second-order valence-electron chi connectivity index (χ2n) is 4.14. The van der Waals surface area contributed by atoms with Crippen molar-refractivity contribution >= 4 is 27.3 Å². The Morgan fingerprint density at radius 1 is 1.50 bits per heavy atom. The lowest BCUT2D eigenvalue weighted by atomic mass is 10.2. The molecule has 0 amide bonds. The van der Waals surface area contributed by atoms with Crippen LogP contribution in [-0.2, 0) is 6.54 Å². The fourth-order valence-electron chi connectivity index (χ4n) is 1.61. The number of halogens is 2. The lowest BCUT2D eigenvalue weighted by molar-refractivity contribution is -0.384. The smallest absolute Gasteiger partial charge is 0.293 e. The van der Waals surface area contributed by atoms with Crippen molar-refractivity contribution in [2.24, 2.45) is 0 Å². The fourth-order valence-corrected chi connectivity index (χ4v) is 1.95. The van der Waals surface area contributed by atoms with Crippen molar-refractivity contribution in [1.82, 2.24) is 4.98 Å². The Hall–Kier alpha value is -1.96. The zero-order valence-corrected chi connectivity index (χ0v) is 12.3. The Morgan fingerprint density at radius 2 is 2.20 bits per heavy atom. The van der Waals surface area contributed by atoms with Crippen LogP contribution in [-0.4, -0.2) is 9.91 Å². The van der Waals surface area contributed by atoms with E-state index in [2.05, 4.69) is 26.2 Å². The van der Waals surface area contributed by atoms with Crippen molar-refractivity contribution < 1.29 is 13.7 Å². The van der Waals surface area contributed by atoms with E-state index < -0.39 is 10.7 Å². The van der Waals surface area contributed by atoms with Gasteiger partial charge >= 0.3 is 0 Å². The molecule has 2 aromatic rings. The van der Waals surface area contributed by atoms with Gasteiger partial charge in [-0.15, -0.1) is 0 Å². The van der Waals surface area contributed by atoms with Crippen LogP contribution in [0.5, 0.6) is 0 Å². The van der Waals surface area contributed by atoms with Crippen LogP contribution in [0.25, 0.3) is 0 Å². The van der Waals surface area contributed by atoms with E-state index in [1.807, 2.05) is 0 Å². The highest BCUT2D eigenvalue weighted by molar-refractivity contribution is 9.10. The molecule has 0 atom stereocenters. The summed E-state index contributed by atoms with van der Waals surface area (Å²) in [6, 6.07) is 2.18. The molecule has 106 valence electrons. The third-order valence-electron chi connectivity index (χ3n) is 2.74. The maximum absolute atomic E-state index is 13.5. The van der Waals surface area contributed by atoms with E-state index in [0.29, 0.717) is 11.7 Å². The molecule has 0 saturated heterocycles. The highest BCUT2D eigenvalue weighted by Gasteiger charge is 2.18. The second-order valence-corrected chi connectivity index (χ2v) is 5.00. The molecule has 8 heteroatoms. The Morgan fingerprint density at radius 3 is 2.75 bits per heavy atom. The number of aromatic nitrogens is 1. The number of nitro groups is 1. The average Bonchev–Trinajstić information content (AvgIpc) is 2.69. The Balaban J connectivity index is 2.24. The molecule has 0 radical (unpaired) electrons. The van der Waals surface area contributed by atoms with Gasteiger partial charge in [-0.2, -0.15) is 0 Å². The normalized spacial score (nSPS) is 10.6. The summed E-state index contributed by atoms with van der Waals surface area (Å²) in [5.41, 5.74) is 0.598. The van der Waals surface area contributed by atoms with Crippen LogP contribution in [0.1, 0.15) is 17.3 Å². The van der Waals surface area contributed by atoms with E-state index in [1.165, 1.54) is 0 Å². The van der Waals surface area contributed by atoms with E-state index in [4.69, 9.17) is 4.42 Å². The van der Waals surface area contributed by atoms with Gasteiger partial charge in [0.2, 0.25) is 5.89 Å². The standard InChI is InChI=1S/C12H11BrFN3O3/c1-6-7(2)20-12(16-6)5-15-10-4-9(14)8(13)3-11(10)17(18)19/h3-4,15H,5H2,1-2H3. The highest BCUT2D eigenvalue weighted by Crippen LogP contribution is 2.30. The van der Waals surface area contributed by atoms with Crippen molar-refractivity contribution in [3.05, 3.63) is 49.9 Å². The predicted molar refractivity (Wildman–Crippen MR) is 74.1 cm³/mol. The third kappa shape index (κ3) is 2.96. The number of anilines is 1. The molecule has 20 heavy (non-hydrogen) atoms. The minimum Gasteiger partial charge on any atom is -0.444 e. The number of aryl methyl sites for hydroxylation is 2. The first kappa shape index (κ1) is 14.4. The largest absolute Gasteiger partial charge is 0.444 e. The van der Waals surface area contributed by atoms with E-state index >= 15 is 0 Å². The van der Waals surface area contributed by atoms with Gasteiger partial charge in [-0.25, -0.2) is 9.37 Å². The van der Waals surface area contributed by atoms with Crippen molar-refractivity contribution in [3.8, 4) is 0 Å². The van der Waals surface area contributed by atoms with E-state index in [0.717, 1.165) is 17.8 Å².